The Kier molecular flexibility index (Phi) is 4.87. The Hall–Kier alpha value is -3.51. The third-order valence-electron chi connectivity index (χ3n) is 4.93. The maximum atomic E-state index is 13.0. The highest BCUT2D eigenvalue weighted by molar-refractivity contribution is 6.03. The molecule has 1 amide bonds. The molecular weight excluding hydrogens is 358 g/mol. The molecule has 0 saturated carbocycles. The third kappa shape index (κ3) is 3.37. The zero-order chi connectivity index (χ0) is 19.5. The predicted octanol–water partition coefficient (Wildman–Crippen LogP) is 3.88. The zero-order valence-electron chi connectivity index (χ0n) is 15.4. The second kappa shape index (κ2) is 7.62. The van der Waals surface area contributed by atoms with E-state index in [1.807, 2.05) is 30.3 Å². The summed E-state index contributed by atoms with van der Waals surface area (Å²) < 4.78 is 11.4. The van der Waals surface area contributed by atoms with Crippen LogP contribution in [0.2, 0.25) is 0 Å². The van der Waals surface area contributed by atoms with Gasteiger partial charge in [0, 0.05) is 23.7 Å². The van der Waals surface area contributed by atoms with Crippen molar-refractivity contribution in [3.8, 4) is 11.5 Å². The molecule has 2 atom stereocenters. The third-order valence-corrected chi connectivity index (χ3v) is 4.93. The van der Waals surface area contributed by atoms with E-state index >= 15 is 0 Å². The summed E-state index contributed by atoms with van der Waals surface area (Å²) in [5.41, 5.74) is 10.7. The van der Waals surface area contributed by atoms with Gasteiger partial charge < -0.3 is 14.4 Å². The second-order valence-electron chi connectivity index (χ2n) is 6.69. The van der Waals surface area contributed by atoms with E-state index in [4.69, 9.17) is 15.0 Å². The lowest BCUT2D eigenvalue weighted by Gasteiger charge is -2.20. The first-order chi connectivity index (χ1) is 13.7. The molecule has 142 valence electrons. The van der Waals surface area contributed by atoms with Crippen LogP contribution in [-0.4, -0.2) is 42.8 Å². The van der Waals surface area contributed by atoms with Gasteiger partial charge in [0.2, 0.25) is 0 Å². The summed E-state index contributed by atoms with van der Waals surface area (Å²) in [5, 5.41) is 3.75. The fourth-order valence-electron chi connectivity index (χ4n) is 3.53. The first kappa shape index (κ1) is 17.9. The number of hydrogen-bond acceptors (Lipinski definition) is 5. The Balaban J connectivity index is 1.63. The van der Waals surface area contributed by atoms with E-state index in [1.54, 1.807) is 23.2 Å². The fraction of sp³-hybridized carbons (Fsp3) is 0.300. The van der Waals surface area contributed by atoms with Crippen LogP contribution in [0.15, 0.2) is 52.6 Å². The van der Waals surface area contributed by atoms with Crippen molar-refractivity contribution in [1.29, 1.82) is 0 Å². The summed E-state index contributed by atoms with van der Waals surface area (Å²) in [6.07, 6.45) is 2.31. The van der Waals surface area contributed by atoms with Gasteiger partial charge in [-0.25, -0.2) is 0 Å². The monoisotopic (exact) mass is 377 g/mol. The van der Waals surface area contributed by atoms with Crippen molar-refractivity contribution in [2.75, 3.05) is 13.7 Å². The standard InChI is InChI=1S/C20H19N5O3/c1-27-18-8-16-17(9-19(18)28-12-13-5-3-2-4-6-13)22-10-15-7-14(23-24-21)11-25(15)20(16)26/h2-6,8-10,14-15H,7,11-12H2,1H3/t14-,15-/m0/s1. The fourth-order valence-corrected chi connectivity index (χ4v) is 3.53. The number of hydrogen-bond donors (Lipinski definition) is 0. The number of nitrogens with zero attached hydrogens (tertiary/aromatic N) is 5. The van der Waals surface area contributed by atoms with Gasteiger partial charge in [0.05, 0.1) is 30.4 Å². The van der Waals surface area contributed by atoms with Gasteiger partial charge in [-0.05, 0) is 23.6 Å². The average Bonchev–Trinajstić information content (AvgIpc) is 3.08. The van der Waals surface area contributed by atoms with Crippen molar-refractivity contribution >= 4 is 17.8 Å². The summed E-state index contributed by atoms with van der Waals surface area (Å²) >= 11 is 0. The highest BCUT2D eigenvalue weighted by atomic mass is 16.5. The molecule has 0 N–H and O–H groups in total. The Morgan fingerprint density at radius 3 is 2.86 bits per heavy atom. The molecule has 4 rings (SSSR count). The SMILES string of the molecule is COc1cc2c(cc1OCc1ccccc1)N=C[C@@H]1C[C@H](N=[N+]=[N-])CN1C2=O. The number of benzene rings is 2. The molecule has 0 bridgehead atoms. The molecule has 0 aliphatic carbocycles. The number of azide groups is 1. The molecular formula is C20H19N5O3. The Morgan fingerprint density at radius 1 is 1.29 bits per heavy atom. The first-order valence-corrected chi connectivity index (χ1v) is 8.97. The summed E-state index contributed by atoms with van der Waals surface area (Å²) in [7, 11) is 1.54. The van der Waals surface area contributed by atoms with E-state index in [2.05, 4.69) is 15.0 Å². The number of aliphatic imine (C=N–C) groups is 1. The maximum Gasteiger partial charge on any atom is 0.256 e. The lowest BCUT2D eigenvalue weighted by atomic mass is 10.1. The highest BCUT2D eigenvalue weighted by Gasteiger charge is 2.37. The largest absolute Gasteiger partial charge is 0.493 e. The summed E-state index contributed by atoms with van der Waals surface area (Å²) in [6.45, 7) is 0.768. The average molecular weight is 377 g/mol. The molecule has 8 nitrogen and oxygen atoms in total. The van der Waals surface area contributed by atoms with Gasteiger partial charge in [0.1, 0.15) is 6.61 Å². The molecule has 2 aliphatic rings. The van der Waals surface area contributed by atoms with E-state index in [1.165, 1.54) is 7.11 Å². The van der Waals surface area contributed by atoms with Crippen LogP contribution in [0.5, 0.6) is 11.5 Å². The number of rotatable bonds is 5. The van der Waals surface area contributed by atoms with Gasteiger partial charge in [-0.15, -0.1) is 0 Å². The summed E-state index contributed by atoms with van der Waals surface area (Å²) in [6, 6.07) is 12.8. The number of ether oxygens (including phenoxy) is 2. The molecule has 1 fully saturated rings. The van der Waals surface area contributed by atoms with Crippen molar-refractivity contribution in [1.82, 2.24) is 4.90 Å². The molecule has 0 radical (unpaired) electrons. The van der Waals surface area contributed by atoms with Crippen LogP contribution < -0.4 is 9.47 Å². The molecule has 8 heteroatoms. The number of amides is 1. The molecule has 2 aliphatic heterocycles. The van der Waals surface area contributed by atoms with Crippen LogP contribution in [-0.2, 0) is 6.61 Å². The molecule has 2 aromatic rings. The summed E-state index contributed by atoms with van der Waals surface area (Å²) in [5.74, 6) is 0.854. The Labute approximate surface area is 162 Å². The predicted molar refractivity (Wildman–Crippen MR) is 104 cm³/mol. The lowest BCUT2D eigenvalue weighted by Crippen LogP contribution is -2.35. The number of carbonyl (C=O) groups is 1. The van der Waals surface area contributed by atoms with Crippen LogP contribution in [0.4, 0.5) is 5.69 Å². The van der Waals surface area contributed by atoms with E-state index in [0.29, 0.717) is 42.3 Å². The van der Waals surface area contributed by atoms with Crippen molar-refractivity contribution < 1.29 is 14.3 Å². The van der Waals surface area contributed by atoms with Gasteiger partial charge >= 0.3 is 0 Å². The van der Waals surface area contributed by atoms with Crippen LogP contribution in [0.25, 0.3) is 10.4 Å². The highest BCUT2D eigenvalue weighted by Crippen LogP contribution is 2.38. The number of methoxy groups -OCH3 is 1. The Bertz CT molecular complexity index is 969. The smallest absolute Gasteiger partial charge is 0.256 e. The van der Waals surface area contributed by atoms with Gasteiger partial charge in [-0.1, -0.05) is 35.4 Å². The van der Waals surface area contributed by atoms with Crippen molar-refractivity contribution in [2.45, 2.75) is 25.1 Å². The van der Waals surface area contributed by atoms with Gasteiger partial charge in [-0.3, -0.25) is 9.79 Å². The quantitative estimate of drug-likeness (QED) is 0.449. The first-order valence-electron chi connectivity index (χ1n) is 8.97. The lowest BCUT2D eigenvalue weighted by molar-refractivity contribution is 0.0772. The molecule has 0 unspecified atom stereocenters. The minimum absolute atomic E-state index is 0.152. The molecule has 0 spiro atoms. The minimum Gasteiger partial charge on any atom is -0.493 e. The van der Waals surface area contributed by atoms with Crippen LogP contribution in [0.1, 0.15) is 22.3 Å². The van der Waals surface area contributed by atoms with E-state index in [0.717, 1.165) is 5.56 Å². The molecule has 1 saturated heterocycles. The van der Waals surface area contributed by atoms with Gasteiger partial charge in [-0.2, -0.15) is 0 Å². The van der Waals surface area contributed by atoms with E-state index < -0.39 is 0 Å². The number of carbonyl (C=O) groups excluding carboxylic acids is 1. The van der Waals surface area contributed by atoms with Crippen LogP contribution >= 0.6 is 0 Å². The second-order valence-corrected chi connectivity index (χ2v) is 6.69. The van der Waals surface area contributed by atoms with Crippen molar-refractivity contribution in [2.24, 2.45) is 10.1 Å². The molecule has 0 aromatic heterocycles. The van der Waals surface area contributed by atoms with E-state index in [9.17, 15) is 4.79 Å². The molecule has 28 heavy (non-hydrogen) atoms. The van der Waals surface area contributed by atoms with Gasteiger partial charge in [0.15, 0.2) is 11.5 Å². The van der Waals surface area contributed by atoms with Crippen LogP contribution in [0, 0.1) is 0 Å². The Morgan fingerprint density at radius 2 is 2.11 bits per heavy atom. The maximum absolute atomic E-state index is 13.0. The van der Waals surface area contributed by atoms with E-state index in [-0.39, 0.29) is 18.0 Å². The van der Waals surface area contributed by atoms with Crippen molar-refractivity contribution in [3.05, 3.63) is 64.0 Å². The topological polar surface area (TPSA) is 99.9 Å². The minimum atomic E-state index is -0.234. The summed E-state index contributed by atoms with van der Waals surface area (Å²) in [4.78, 5) is 22.1. The van der Waals surface area contributed by atoms with Crippen LogP contribution in [0.3, 0.4) is 0 Å². The van der Waals surface area contributed by atoms with Crippen molar-refractivity contribution in [3.63, 3.8) is 0 Å². The molecule has 2 aromatic carbocycles. The normalized spacial score (nSPS) is 20.0. The van der Waals surface area contributed by atoms with Gasteiger partial charge in [0.25, 0.3) is 5.91 Å². The molecule has 2 heterocycles. The zero-order valence-corrected chi connectivity index (χ0v) is 15.4. The number of fused-ring (bicyclic) bond motifs is 2.